The Kier molecular flexibility index (Phi) is 5.86. The van der Waals surface area contributed by atoms with Crippen molar-refractivity contribution in [2.24, 2.45) is 0 Å². The second kappa shape index (κ2) is 7.22. The van der Waals surface area contributed by atoms with E-state index >= 15 is 0 Å². The van der Waals surface area contributed by atoms with Crippen LogP contribution < -0.4 is 5.32 Å². The first-order valence-electron chi connectivity index (χ1n) is 6.73. The summed E-state index contributed by atoms with van der Waals surface area (Å²) in [6.45, 7) is 6.14. The van der Waals surface area contributed by atoms with Crippen molar-refractivity contribution >= 4 is 45.6 Å². The van der Waals surface area contributed by atoms with Crippen LogP contribution in [-0.4, -0.2) is 61.0 Å². The molecule has 3 heterocycles. The highest BCUT2D eigenvalue weighted by atomic mass is 79.9. The number of hydrogen-bond acceptors (Lipinski definition) is 4. The lowest BCUT2D eigenvalue weighted by atomic mass is 10.2. The van der Waals surface area contributed by atoms with E-state index in [0.29, 0.717) is 6.04 Å². The molecule has 1 N–H and O–H groups in total. The molecular weight excluding hydrogens is 362 g/mol. The fourth-order valence-corrected chi connectivity index (χ4v) is 4.21. The fraction of sp³-hybridized carbons (Fsp3) is 0.615. The van der Waals surface area contributed by atoms with Crippen LogP contribution >= 0.6 is 39.7 Å². The van der Waals surface area contributed by atoms with Crippen LogP contribution in [0.15, 0.2) is 15.9 Å². The standard InChI is InChI=1S/C13H18BrN3OS.ClH/c14-12-2-1-11(19-12)13(18)17-6-3-10(9-17)16-7-4-15-5-8-16;/h1-2,10,15H,3-9H2;1H. The Morgan fingerprint density at radius 3 is 2.70 bits per heavy atom. The van der Waals surface area contributed by atoms with Crippen molar-refractivity contribution in [2.45, 2.75) is 12.5 Å². The van der Waals surface area contributed by atoms with Crippen LogP contribution in [0.1, 0.15) is 16.1 Å². The predicted molar refractivity (Wildman–Crippen MR) is 88.0 cm³/mol. The highest BCUT2D eigenvalue weighted by Crippen LogP contribution is 2.25. The summed E-state index contributed by atoms with van der Waals surface area (Å²) in [5.74, 6) is 0.188. The molecule has 1 aromatic rings. The van der Waals surface area contributed by atoms with Gasteiger partial charge in [-0.3, -0.25) is 9.69 Å². The Labute approximate surface area is 138 Å². The molecule has 4 nitrogen and oxygen atoms in total. The third kappa shape index (κ3) is 3.54. The van der Waals surface area contributed by atoms with Gasteiger partial charge in [0.05, 0.1) is 8.66 Å². The molecule has 1 amide bonds. The molecule has 0 spiro atoms. The zero-order valence-corrected chi connectivity index (χ0v) is 14.4. The van der Waals surface area contributed by atoms with Gasteiger partial charge in [0.2, 0.25) is 0 Å². The Balaban J connectivity index is 0.00000147. The van der Waals surface area contributed by atoms with Gasteiger partial charge in [-0.15, -0.1) is 23.7 Å². The van der Waals surface area contributed by atoms with Crippen LogP contribution in [-0.2, 0) is 0 Å². The minimum absolute atomic E-state index is 0. The van der Waals surface area contributed by atoms with Crippen molar-refractivity contribution in [3.8, 4) is 0 Å². The number of thiophene rings is 1. The zero-order chi connectivity index (χ0) is 13.2. The number of amides is 1. The van der Waals surface area contributed by atoms with Gasteiger partial charge in [0.25, 0.3) is 5.91 Å². The van der Waals surface area contributed by atoms with E-state index in [2.05, 4.69) is 26.1 Å². The summed E-state index contributed by atoms with van der Waals surface area (Å²) in [6, 6.07) is 4.41. The van der Waals surface area contributed by atoms with Gasteiger partial charge in [0, 0.05) is 45.3 Å². The third-order valence-electron chi connectivity index (χ3n) is 3.90. The van der Waals surface area contributed by atoms with Gasteiger partial charge in [-0.25, -0.2) is 0 Å². The van der Waals surface area contributed by atoms with Crippen molar-refractivity contribution in [3.05, 3.63) is 20.8 Å². The average Bonchev–Trinajstić information content (AvgIpc) is 3.08. The summed E-state index contributed by atoms with van der Waals surface area (Å²) in [4.78, 5) is 17.7. The van der Waals surface area contributed by atoms with E-state index in [9.17, 15) is 4.79 Å². The Morgan fingerprint density at radius 2 is 2.05 bits per heavy atom. The van der Waals surface area contributed by atoms with Crippen LogP contribution in [0.5, 0.6) is 0 Å². The first-order chi connectivity index (χ1) is 9.24. The Bertz CT molecular complexity index is 464. The molecule has 2 aliphatic rings. The molecule has 0 aromatic carbocycles. The molecule has 1 atom stereocenters. The molecule has 20 heavy (non-hydrogen) atoms. The zero-order valence-electron chi connectivity index (χ0n) is 11.2. The van der Waals surface area contributed by atoms with Crippen LogP contribution in [0.4, 0.5) is 0 Å². The molecule has 7 heteroatoms. The van der Waals surface area contributed by atoms with Crippen molar-refractivity contribution in [1.82, 2.24) is 15.1 Å². The van der Waals surface area contributed by atoms with E-state index < -0.39 is 0 Å². The molecule has 1 aromatic heterocycles. The summed E-state index contributed by atoms with van der Waals surface area (Å²) in [5.41, 5.74) is 0. The van der Waals surface area contributed by atoms with E-state index in [1.165, 1.54) is 11.3 Å². The van der Waals surface area contributed by atoms with Gasteiger partial charge in [-0.2, -0.15) is 0 Å². The maximum atomic E-state index is 12.4. The number of piperazine rings is 1. The van der Waals surface area contributed by atoms with E-state index in [1.54, 1.807) is 0 Å². The third-order valence-corrected chi connectivity index (χ3v) is 5.51. The highest BCUT2D eigenvalue weighted by molar-refractivity contribution is 9.11. The summed E-state index contributed by atoms with van der Waals surface area (Å²) in [7, 11) is 0. The SMILES string of the molecule is Cl.O=C(c1ccc(Br)s1)N1CCC(N2CCNCC2)C1. The number of carbonyl (C=O) groups is 1. The lowest BCUT2D eigenvalue weighted by molar-refractivity contribution is 0.0778. The summed E-state index contributed by atoms with van der Waals surface area (Å²) in [6.07, 6.45) is 1.11. The molecule has 1 unspecified atom stereocenters. The second-order valence-electron chi connectivity index (χ2n) is 5.08. The quantitative estimate of drug-likeness (QED) is 0.853. The normalized spacial score (nSPS) is 23.6. The number of rotatable bonds is 2. The number of nitrogens with zero attached hydrogens (tertiary/aromatic N) is 2. The number of halogens is 2. The maximum Gasteiger partial charge on any atom is 0.264 e. The Morgan fingerprint density at radius 1 is 1.30 bits per heavy atom. The van der Waals surface area contributed by atoms with Crippen LogP contribution in [0.25, 0.3) is 0 Å². The topological polar surface area (TPSA) is 35.6 Å². The number of carbonyl (C=O) groups excluding carboxylic acids is 1. The minimum Gasteiger partial charge on any atom is -0.336 e. The van der Waals surface area contributed by atoms with Gasteiger partial charge in [0.1, 0.15) is 0 Å². The maximum absolute atomic E-state index is 12.4. The van der Waals surface area contributed by atoms with E-state index in [-0.39, 0.29) is 18.3 Å². The molecule has 112 valence electrons. The smallest absolute Gasteiger partial charge is 0.264 e. The van der Waals surface area contributed by atoms with Gasteiger partial charge in [-0.05, 0) is 34.5 Å². The molecule has 0 saturated carbocycles. The molecule has 0 bridgehead atoms. The van der Waals surface area contributed by atoms with Gasteiger partial charge < -0.3 is 10.2 Å². The lowest BCUT2D eigenvalue weighted by Crippen LogP contribution is -2.49. The molecule has 2 saturated heterocycles. The Hall–Kier alpha value is -0.140. The first-order valence-corrected chi connectivity index (χ1v) is 8.34. The molecular formula is C13H19BrClN3OS. The largest absolute Gasteiger partial charge is 0.336 e. The minimum atomic E-state index is 0. The molecule has 3 rings (SSSR count). The predicted octanol–water partition coefficient (Wildman–Crippen LogP) is 2.05. The van der Waals surface area contributed by atoms with Gasteiger partial charge in [-0.1, -0.05) is 0 Å². The first kappa shape index (κ1) is 16.2. The number of hydrogen-bond donors (Lipinski definition) is 1. The monoisotopic (exact) mass is 379 g/mol. The number of nitrogens with one attached hydrogen (secondary N) is 1. The summed E-state index contributed by atoms with van der Waals surface area (Å²) in [5, 5.41) is 3.38. The van der Waals surface area contributed by atoms with E-state index in [1.807, 2.05) is 17.0 Å². The fourth-order valence-electron chi connectivity index (χ4n) is 2.86. The van der Waals surface area contributed by atoms with Crippen molar-refractivity contribution in [1.29, 1.82) is 0 Å². The van der Waals surface area contributed by atoms with Crippen molar-refractivity contribution in [2.75, 3.05) is 39.3 Å². The summed E-state index contributed by atoms with van der Waals surface area (Å²) < 4.78 is 1.02. The second-order valence-corrected chi connectivity index (χ2v) is 7.55. The molecule has 2 aliphatic heterocycles. The average molecular weight is 381 g/mol. The van der Waals surface area contributed by atoms with Crippen molar-refractivity contribution < 1.29 is 4.79 Å². The van der Waals surface area contributed by atoms with E-state index in [4.69, 9.17) is 0 Å². The van der Waals surface area contributed by atoms with Gasteiger partial charge in [0.15, 0.2) is 0 Å². The highest BCUT2D eigenvalue weighted by Gasteiger charge is 2.31. The van der Waals surface area contributed by atoms with Crippen molar-refractivity contribution in [3.63, 3.8) is 0 Å². The van der Waals surface area contributed by atoms with Crippen LogP contribution in [0.2, 0.25) is 0 Å². The molecule has 2 fully saturated rings. The van der Waals surface area contributed by atoms with Crippen LogP contribution in [0, 0.1) is 0 Å². The molecule has 0 aliphatic carbocycles. The van der Waals surface area contributed by atoms with Crippen LogP contribution in [0.3, 0.4) is 0 Å². The molecule has 0 radical (unpaired) electrons. The lowest BCUT2D eigenvalue weighted by Gasteiger charge is -2.32. The number of likely N-dealkylation sites (tertiary alicyclic amines) is 1. The van der Waals surface area contributed by atoms with E-state index in [0.717, 1.165) is 54.4 Å². The van der Waals surface area contributed by atoms with Gasteiger partial charge >= 0.3 is 0 Å². The summed E-state index contributed by atoms with van der Waals surface area (Å²) >= 11 is 4.94.